The van der Waals surface area contributed by atoms with Crippen LogP contribution in [-0.4, -0.2) is 31.6 Å². The molecular weight excluding hydrogens is 226 g/mol. The van der Waals surface area contributed by atoms with Crippen LogP contribution in [0.4, 0.5) is 0 Å². The SMILES string of the molecule is O=C(c1ccccc1C1CCC1)C1COCCN1. The van der Waals surface area contributed by atoms with Crippen molar-refractivity contribution < 1.29 is 9.53 Å². The van der Waals surface area contributed by atoms with Crippen molar-refractivity contribution in [3.8, 4) is 0 Å². The van der Waals surface area contributed by atoms with Gasteiger partial charge in [0.2, 0.25) is 0 Å². The van der Waals surface area contributed by atoms with Gasteiger partial charge in [-0.05, 0) is 24.3 Å². The van der Waals surface area contributed by atoms with Crippen molar-refractivity contribution in [1.29, 1.82) is 0 Å². The molecule has 1 saturated carbocycles. The van der Waals surface area contributed by atoms with E-state index < -0.39 is 0 Å². The predicted octanol–water partition coefficient (Wildman–Crippen LogP) is 2.13. The lowest BCUT2D eigenvalue weighted by atomic mass is 9.77. The summed E-state index contributed by atoms with van der Waals surface area (Å²) >= 11 is 0. The van der Waals surface area contributed by atoms with Crippen molar-refractivity contribution in [2.75, 3.05) is 19.8 Å². The average Bonchev–Trinajstić information content (AvgIpc) is 2.38. The van der Waals surface area contributed by atoms with Gasteiger partial charge >= 0.3 is 0 Å². The van der Waals surface area contributed by atoms with Gasteiger partial charge in [0.25, 0.3) is 0 Å². The number of Topliss-reactive ketones (excluding diaryl/α,β-unsaturated/α-hetero) is 1. The van der Waals surface area contributed by atoms with Crippen LogP contribution in [0.25, 0.3) is 0 Å². The van der Waals surface area contributed by atoms with Crippen LogP contribution in [-0.2, 0) is 4.74 Å². The van der Waals surface area contributed by atoms with Crippen LogP contribution in [0.15, 0.2) is 24.3 Å². The summed E-state index contributed by atoms with van der Waals surface area (Å²) in [6.07, 6.45) is 3.73. The van der Waals surface area contributed by atoms with E-state index in [4.69, 9.17) is 4.74 Å². The Kier molecular flexibility index (Phi) is 3.43. The molecule has 2 aliphatic rings. The molecule has 1 aromatic rings. The fourth-order valence-corrected chi connectivity index (χ4v) is 2.72. The Morgan fingerprint density at radius 3 is 2.78 bits per heavy atom. The minimum atomic E-state index is -0.167. The summed E-state index contributed by atoms with van der Waals surface area (Å²) in [6, 6.07) is 7.90. The number of nitrogens with one attached hydrogen (secondary N) is 1. The molecule has 18 heavy (non-hydrogen) atoms. The van der Waals surface area contributed by atoms with Crippen molar-refractivity contribution in [1.82, 2.24) is 5.32 Å². The number of carbonyl (C=O) groups is 1. The molecule has 1 N–H and O–H groups in total. The summed E-state index contributed by atoms with van der Waals surface area (Å²) in [5.41, 5.74) is 2.13. The highest BCUT2D eigenvalue weighted by atomic mass is 16.5. The van der Waals surface area contributed by atoms with Gasteiger partial charge in [-0.15, -0.1) is 0 Å². The first kappa shape index (κ1) is 11.9. The second-order valence-electron chi connectivity index (χ2n) is 5.16. The molecule has 2 fully saturated rings. The Balaban J connectivity index is 1.83. The number of carbonyl (C=O) groups excluding carboxylic acids is 1. The first-order valence-electron chi connectivity index (χ1n) is 6.80. The topological polar surface area (TPSA) is 38.3 Å². The molecule has 1 unspecified atom stereocenters. The summed E-state index contributed by atoms with van der Waals surface area (Å²) in [5, 5.41) is 3.24. The number of rotatable bonds is 3. The van der Waals surface area contributed by atoms with E-state index in [-0.39, 0.29) is 11.8 Å². The second-order valence-corrected chi connectivity index (χ2v) is 5.16. The Bertz CT molecular complexity index is 434. The fourth-order valence-electron chi connectivity index (χ4n) is 2.72. The third-order valence-electron chi connectivity index (χ3n) is 4.01. The maximum absolute atomic E-state index is 12.5. The van der Waals surface area contributed by atoms with Crippen molar-refractivity contribution in [3.63, 3.8) is 0 Å². The highest BCUT2D eigenvalue weighted by Crippen LogP contribution is 2.38. The van der Waals surface area contributed by atoms with Gasteiger partial charge in [-0.1, -0.05) is 30.7 Å². The molecule has 3 heteroatoms. The highest BCUT2D eigenvalue weighted by Gasteiger charge is 2.28. The second kappa shape index (κ2) is 5.21. The van der Waals surface area contributed by atoms with Gasteiger partial charge in [-0.3, -0.25) is 4.79 Å². The summed E-state index contributed by atoms with van der Waals surface area (Å²) in [5.74, 6) is 0.784. The van der Waals surface area contributed by atoms with Crippen LogP contribution in [0.3, 0.4) is 0 Å². The van der Waals surface area contributed by atoms with Crippen LogP contribution >= 0.6 is 0 Å². The molecule has 1 aromatic carbocycles. The first-order chi connectivity index (χ1) is 8.86. The lowest BCUT2D eigenvalue weighted by molar-refractivity contribution is 0.0606. The van der Waals surface area contributed by atoms with Crippen molar-refractivity contribution in [2.24, 2.45) is 0 Å². The normalized spacial score (nSPS) is 24.6. The fraction of sp³-hybridized carbons (Fsp3) is 0.533. The maximum Gasteiger partial charge on any atom is 0.182 e. The van der Waals surface area contributed by atoms with Crippen LogP contribution in [0.2, 0.25) is 0 Å². The van der Waals surface area contributed by atoms with Crippen LogP contribution in [0, 0.1) is 0 Å². The zero-order valence-corrected chi connectivity index (χ0v) is 10.5. The van der Waals surface area contributed by atoms with Crippen LogP contribution < -0.4 is 5.32 Å². The zero-order chi connectivity index (χ0) is 12.4. The number of benzene rings is 1. The molecule has 96 valence electrons. The van der Waals surface area contributed by atoms with E-state index in [2.05, 4.69) is 11.4 Å². The Hall–Kier alpha value is -1.19. The van der Waals surface area contributed by atoms with Gasteiger partial charge < -0.3 is 10.1 Å². The summed E-state index contributed by atoms with van der Waals surface area (Å²) in [7, 11) is 0. The Morgan fingerprint density at radius 2 is 2.11 bits per heavy atom. The van der Waals surface area contributed by atoms with E-state index in [1.807, 2.05) is 18.2 Å². The third-order valence-corrected chi connectivity index (χ3v) is 4.01. The standard InChI is InChI=1S/C15H19NO2/c17-15(14-10-18-9-8-16-14)13-7-2-1-6-12(13)11-4-3-5-11/h1-2,6-7,11,14,16H,3-5,8-10H2. The molecule has 1 saturated heterocycles. The highest BCUT2D eigenvalue weighted by molar-refractivity contribution is 6.01. The first-order valence-corrected chi connectivity index (χ1v) is 6.80. The molecule has 1 aliphatic carbocycles. The largest absolute Gasteiger partial charge is 0.378 e. The molecule has 0 aromatic heterocycles. The number of ketones is 1. The molecular formula is C15H19NO2. The van der Waals surface area contributed by atoms with E-state index in [1.165, 1.54) is 24.8 Å². The number of hydrogen-bond donors (Lipinski definition) is 1. The van der Waals surface area contributed by atoms with Crippen molar-refractivity contribution >= 4 is 5.78 Å². The summed E-state index contributed by atoms with van der Waals surface area (Å²) < 4.78 is 5.38. The third kappa shape index (κ3) is 2.20. The molecule has 1 aliphatic heterocycles. The summed E-state index contributed by atoms with van der Waals surface area (Å²) in [6.45, 7) is 1.97. The van der Waals surface area contributed by atoms with Gasteiger partial charge in [0.15, 0.2) is 5.78 Å². The van der Waals surface area contributed by atoms with E-state index in [9.17, 15) is 4.79 Å². The number of morpholine rings is 1. The van der Waals surface area contributed by atoms with Gasteiger partial charge in [0, 0.05) is 12.1 Å². The molecule has 3 rings (SSSR count). The Morgan fingerprint density at radius 1 is 1.28 bits per heavy atom. The smallest absolute Gasteiger partial charge is 0.182 e. The number of ether oxygens (including phenoxy) is 1. The monoisotopic (exact) mass is 245 g/mol. The average molecular weight is 245 g/mol. The Labute approximate surface area is 108 Å². The van der Waals surface area contributed by atoms with Gasteiger partial charge in [-0.25, -0.2) is 0 Å². The quantitative estimate of drug-likeness (QED) is 0.829. The molecule has 1 atom stereocenters. The number of hydrogen-bond acceptors (Lipinski definition) is 3. The molecule has 0 amide bonds. The lowest BCUT2D eigenvalue weighted by Gasteiger charge is -2.29. The molecule has 1 heterocycles. The van der Waals surface area contributed by atoms with E-state index in [0.29, 0.717) is 19.1 Å². The minimum Gasteiger partial charge on any atom is -0.378 e. The van der Waals surface area contributed by atoms with Gasteiger partial charge in [-0.2, -0.15) is 0 Å². The molecule has 0 radical (unpaired) electrons. The van der Waals surface area contributed by atoms with Crippen LogP contribution in [0.5, 0.6) is 0 Å². The maximum atomic E-state index is 12.5. The van der Waals surface area contributed by atoms with E-state index in [0.717, 1.165) is 12.1 Å². The van der Waals surface area contributed by atoms with Crippen molar-refractivity contribution in [3.05, 3.63) is 35.4 Å². The molecule has 0 bridgehead atoms. The lowest BCUT2D eigenvalue weighted by Crippen LogP contribution is -2.46. The van der Waals surface area contributed by atoms with Gasteiger partial charge in [0.05, 0.1) is 19.3 Å². The minimum absolute atomic E-state index is 0.167. The predicted molar refractivity (Wildman–Crippen MR) is 70.0 cm³/mol. The zero-order valence-electron chi connectivity index (χ0n) is 10.5. The van der Waals surface area contributed by atoms with Crippen molar-refractivity contribution in [2.45, 2.75) is 31.2 Å². The molecule has 3 nitrogen and oxygen atoms in total. The van der Waals surface area contributed by atoms with E-state index in [1.54, 1.807) is 0 Å². The van der Waals surface area contributed by atoms with Gasteiger partial charge in [0.1, 0.15) is 0 Å². The summed E-state index contributed by atoms with van der Waals surface area (Å²) in [4.78, 5) is 12.5. The van der Waals surface area contributed by atoms with Crippen LogP contribution in [0.1, 0.15) is 41.1 Å². The molecule has 0 spiro atoms. The van der Waals surface area contributed by atoms with E-state index >= 15 is 0 Å².